The number of likely N-dealkylation sites (tertiary alicyclic amines) is 1. The summed E-state index contributed by atoms with van der Waals surface area (Å²) in [5, 5.41) is 40.8. The van der Waals surface area contributed by atoms with E-state index < -0.39 is 12.3 Å². The molecule has 5 saturated carbocycles. The molecule has 25 heteroatoms. The first-order valence-corrected chi connectivity index (χ1v) is 28.9. The van der Waals surface area contributed by atoms with E-state index >= 15 is 0 Å². The molecule has 426 valence electrons. The first-order valence-electron chi connectivity index (χ1n) is 27.4. The van der Waals surface area contributed by atoms with E-state index in [1.165, 1.54) is 0 Å². The summed E-state index contributed by atoms with van der Waals surface area (Å²) in [5.41, 5.74) is 4.81. The molecule has 5 aliphatic carbocycles. The first-order chi connectivity index (χ1) is 39.3. The Labute approximate surface area is 575 Å². The molecule has 0 atom stereocenters. The summed E-state index contributed by atoms with van der Waals surface area (Å²) >= 11 is 2.27. The van der Waals surface area contributed by atoms with Gasteiger partial charge in [0.1, 0.15) is 30.4 Å². The molecule has 0 radical (unpaired) electrons. The topological polar surface area (TPSA) is 255 Å². The minimum absolute atomic E-state index is 0. The van der Waals surface area contributed by atoms with Gasteiger partial charge in [0.15, 0.2) is 0 Å². The van der Waals surface area contributed by atoms with E-state index in [1.54, 1.807) is 33.8 Å². The molecule has 4 N–H and O–H groups in total. The van der Waals surface area contributed by atoms with Crippen molar-refractivity contribution in [3.8, 4) is 11.5 Å². The minimum atomic E-state index is -0.712. The summed E-state index contributed by atoms with van der Waals surface area (Å²) in [5.74, 6) is 1.88. The van der Waals surface area contributed by atoms with Gasteiger partial charge in [-0.05, 0) is 118 Å². The van der Waals surface area contributed by atoms with Gasteiger partial charge in [-0.2, -0.15) is 20.4 Å². The number of amides is 2. The van der Waals surface area contributed by atoms with Crippen molar-refractivity contribution in [2.45, 2.75) is 107 Å². The van der Waals surface area contributed by atoms with Crippen LogP contribution in [0.3, 0.4) is 0 Å². The van der Waals surface area contributed by atoms with Gasteiger partial charge in [0.25, 0.3) is 29.4 Å². The molecule has 2 spiro atoms. The molecule has 6 aliphatic rings. The maximum atomic E-state index is 13.0. The van der Waals surface area contributed by atoms with Crippen molar-refractivity contribution in [1.29, 1.82) is 0 Å². The zero-order chi connectivity index (χ0) is 56.3. The molecule has 14 rings (SSSR count). The maximum Gasteiger partial charge on any atom is 1.00 e. The Kier molecular flexibility index (Phi) is 21.5. The van der Waals surface area contributed by atoms with Crippen LogP contribution in [0.5, 0.6) is 11.5 Å². The molecular formula is C58H62F2IK2N11O9. The number of hydrogen-bond donors (Lipinski definition) is 4. The first kappa shape index (κ1) is 63.4. The fourth-order valence-corrected chi connectivity index (χ4v) is 12.8. The van der Waals surface area contributed by atoms with Gasteiger partial charge in [-0.15, -0.1) is 0 Å². The smallest absolute Gasteiger partial charge is 1.00 e. The van der Waals surface area contributed by atoms with E-state index in [-0.39, 0.29) is 157 Å². The quantitative estimate of drug-likeness (QED) is 0.0296. The molecule has 7 heterocycles. The number of benzene rings is 2. The van der Waals surface area contributed by atoms with Gasteiger partial charge in [-0.25, -0.2) is 28.0 Å². The molecule has 0 unspecified atom stereocenters. The number of fused-ring (bicyclic) bond motifs is 4. The third-order valence-corrected chi connectivity index (χ3v) is 17.2. The number of hydrogen-bond acceptors (Lipinski definition) is 14. The number of rotatable bonds is 14. The second kappa shape index (κ2) is 28.2. The Morgan fingerprint density at radius 3 is 1.48 bits per heavy atom. The van der Waals surface area contributed by atoms with Crippen LogP contribution in [0.15, 0.2) is 107 Å². The number of carbonyl (C=O) groups excluding carboxylic acids is 3. The van der Waals surface area contributed by atoms with Crippen molar-refractivity contribution in [3.05, 3.63) is 141 Å². The van der Waals surface area contributed by atoms with Crippen molar-refractivity contribution in [1.82, 2.24) is 55.2 Å². The molecule has 6 aromatic heterocycles. The Balaban J connectivity index is 0.000000186. The zero-order valence-electron chi connectivity index (χ0n) is 47.2. The van der Waals surface area contributed by atoms with Crippen LogP contribution in [0.4, 0.5) is 8.78 Å². The Morgan fingerprint density at radius 1 is 0.675 bits per heavy atom. The van der Waals surface area contributed by atoms with Crippen molar-refractivity contribution >= 4 is 73.5 Å². The zero-order valence-corrected chi connectivity index (χ0v) is 54.6. The second-order valence-corrected chi connectivity index (χ2v) is 23.4. The summed E-state index contributed by atoms with van der Waals surface area (Å²) in [6.45, 7) is 2.58. The summed E-state index contributed by atoms with van der Waals surface area (Å²) in [6.07, 6.45) is 16.4. The summed E-state index contributed by atoms with van der Waals surface area (Å²) < 4.78 is 40.1. The van der Waals surface area contributed by atoms with E-state index in [0.717, 1.165) is 114 Å². The fraction of sp³-hybridized carbons (Fsp3) is 0.431. The molecular weight excluding hydrogens is 1240 g/mol. The summed E-state index contributed by atoms with van der Waals surface area (Å²) in [6, 6.07) is 23.1. The Morgan fingerprint density at radius 2 is 1.10 bits per heavy atom. The third-order valence-electron chi connectivity index (χ3n) is 16.8. The standard InChI is InChI=1S/C28H29FN6O3.C25H24IN5O3.C4H7F.CH2O3.2K.H/c29-18-14-34(15-18)7-8-38-20-5-6-24-23(13-30-35(24)16-20)26(36)31-19-11-28(12-19)9-17(10-28)25-21-3-1-2-4-22(21)27(37)33-32-25;26-7-8-34-17-5-6-21-20(13-27-31(21)14-17)23(32)28-16-11-25(12-16)9-15(10-25)22-18-3-1-2-4-19(18)24(33)30-29-22;5-4-2-1-3-4;2-1-4-3;;;/h1-6,13,16-19H,7-12,14-15H2,(H,31,36)(H,33,37);1-6,13-16H,7-12H2,(H,28,32)(H,30,33);4H,1-3H2;1,3H;;;/q;;;;2*+1;-1/p-1. The minimum Gasteiger partial charge on any atom is -1.00 e. The number of H-pyrrole nitrogens is 2. The van der Waals surface area contributed by atoms with E-state index in [2.05, 4.69) is 68.7 Å². The van der Waals surface area contributed by atoms with Gasteiger partial charge in [-0.1, -0.05) is 59.0 Å². The third kappa shape index (κ3) is 14.3. The number of alkyl halides is 3. The molecule has 83 heavy (non-hydrogen) atoms. The summed E-state index contributed by atoms with van der Waals surface area (Å²) in [4.78, 5) is 63.4. The number of nitrogens with one attached hydrogen (secondary N) is 4. The molecule has 8 aromatic rings. The van der Waals surface area contributed by atoms with Gasteiger partial charge in [0, 0.05) is 58.8 Å². The number of nitrogens with zero attached hydrogens (tertiary/aromatic N) is 7. The molecule has 1 aliphatic heterocycles. The fourth-order valence-electron chi connectivity index (χ4n) is 12.6. The van der Waals surface area contributed by atoms with Crippen LogP contribution in [0.25, 0.3) is 32.6 Å². The van der Waals surface area contributed by atoms with Crippen LogP contribution in [-0.4, -0.2) is 125 Å². The summed E-state index contributed by atoms with van der Waals surface area (Å²) in [7, 11) is 0. The van der Waals surface area contributed by atoms with Crippen LogP contribution in [0.2, 0.25) is 0 Å². The number of ether oxygens (including phenoxy) is 2. The van der Waals surface area contributed by atoms with E-state index in [1.807, 2.05) is 77.7 Å². The van der Waals surface area contributed by atoms with Gasteiger partial charge < -0.3 is 31.7 Å². The number of halogens is 3. The van der Waals surface area contributed by atoms with Crippen LogP contribution >= 0.6 is 22.6 Å². The number of aromatic amines is 2. The molecule has 20 nitrogen and oxygen atoms in total. The molecule has 0 bridgehead atoms. The average molecular weight is 1300 g/mol. The average Bonchev–Trinajstić information content (AvgIpc) is 1.02. The normalized spacial score (nSPS) is 23.0. The second-order valence-electron chi connectivity index (χ2n) is 22.3. The van der Waals surface area contributed by atoms with Crippen molar-refractivity contribution in [3.63, 3.8) is 0 Å². The van der Waals surface area contributed by atoms with Crippen LogP contribution < -0.4 is 139 Å². The molecule has 2 amide bonds. The van der Waals surface area contributed by atoms with Gasteiger partial charge in [0.2, 0.25) is 0 Å². The van der Waals surface area contributed by atoms with Gasteiger partial charge in [0.05, 0.1) is 75.7 Å². The van der Waals surface area contributed by atoms with Gasteiger partial charge >= 0.3 is 103 Å². The molecule has 2 aromatic carbocycles. The van der Waals surface area contributed by atoms with Crippen LogP contribution in [0.1, 0.15) is 116 Å². The van der Waals surface area contributed by atoms with E-state index in [0.29, 0.717) is 72.3 Å². The maximum absolute atomic E-state index is 13.0. The number of aromatic nitrogens is 8. The monoisotopic (exact) mass is 1300 g/mol. The van der Waals surface area contributed by atoms with Crippen LogP contribution in [-0.2, 0) is 9.68 Å². The Bertz CT molecular complexity index is 3710. The van der Waals surface area contributed by atoms with Crippen molar-refractivity contribution in [2.75, 3.05) is 37.3 Å². The Hall–Kier alpha value is -4.11. The van der Waals surface area contributed by atoms with Crippen molar-refractivity contribution < 1.29 is 147 Å². The predicted molar refractivity (Wildman–Crippen MR) is 303 cm³/mol. The largest absolute Gasteiger partial charge is 1.00 e. The number of carbonyl (C=O) groups is 3. The van der Waals surface area contributed by atoms with E-state index in [4.69, 9.17) is 19.5 Å². The van der Waals surface area contributed by atoms with Crippen molar-refractivity contribution in [2.24, 2.45) is 10.8 Å². The van der Waals surface area contributed by atoms with E-state index in [9.17, 15) is 28.0 Å². The van der Waals surface area contributed by atoms with Crippen LogP contribution in [0, 0.1) is 10.8 Å². The molecule has 6 fully saturated rings. The molecule has 1 saturated heterocycles. The number of pyridine rings is 2. The van der Waals surface area contributed by atoms with Gasteiger partial charge in [-0.3, -0.25) is 28.9 Å². The predicted octanol–water partition coefficient (Wildman–Crippen LogP) is 0.964. The SMILES string of the molecule is FC1CCC1.O=C(NC1CC2(C1)CC(c1n[nH]c(=O)c3ccccc13)C2)c1cnn2cc(OCCI)ccc12.O=C(NC1CC2(C1)CC(c1n[nH]c(=O)c3ccccc13)C2)c1cnn2cc(OCCN3CC(F)C3)ccc12.O=CO[O-].[H-].[K+].[K+].